The maximum Gasteiger partial charge on any atom is 0.264 e. The van der Waals surface area contributed by atoms with Crippen LogP contribution in [0.5, 0.6) is 5.75 Å². The molecule has 33 heavy (non-hydrogen) atoms. The number of aryl methyl sites for hydroxylation is 2. The van der Waals surface area contributed by atoms with Crippen LogP contribution in [0.4, 0.5) is 11.6 Å². The van der Waals surface area contributed by atoms with Crippen molar-refractivity contribution in [3.05, 3.63) is 70.0 Å². The smallest absolute Gasteiger partial charge is 0.264 e. The highest BCUT2D eigenvalue weighted by Crippen LogP contribution is 2.29. The molecule has 2 aromatic carbocycles. The van der Waals surface area contributed by atoms with Gasteiger partial charge in [-0.2, -0.15) is 0 Å². The molecule has 0 spiro atoms. The Labute approximate surface area is 202 Å². The second kappa shape index (κ2) is 10.3. The quantitative estimate of drug-likeness (QED) is 0.431. The minimum Gasteiger partial charge on any atom is -0.483 e. The predicted molar refractivity (Wildman–Crippen MR) is 131 cm³/mol. The molecule has 0 saturated heterocycles. The van der Waals surface area contributed by atoms with Gasteiger partial charge in [-0.15, -0.1) is 0 Å². The Kier molecular flexibility index (Phi) is 7.70. The van der Waals surface area contributed by atoms with Crippen LogP contribution in [0.1, 0.15) is 36.7 Å². The fraction of sp³-hybridized carbons (Fsp3) is 0.261. The van der Waals surface area contributed by atoms with Gasteiger partial charge < -0.3 is 10.1 Å². The first-order chi connectivity index (χ1) is 15.5. The summed E-state index contributed by atoms with van der Waals surface area (Å²) >= 11 is 3.44. The standard InChI is InChI=1S/C23H25BrN4O4S/c1-14(2)20-12-17(24)5-10-21(20)32-13-22(29)27-18-6-8-19(9-7-18)33(30,31)28-23-25-15(3)11-16(4)26-23/h5-12,14H,13H2,1-4H3,(H,27,29)(H,25,26,28). The molecule has 0 aliphatic carbocycles. The van der Waals surface area contributed by atoms with Gasteiger partial charge in [0.15, 0.2) is 6.61 Å². The molecule has 2 N–H and O–H groups in total. The van der Waals surface area contributed by atoms with Gasteiger partial charge in [0.2, 0.25) is 5.95 Å². The molecule has 1 aromatic heterocycles. The van der Waals surface area contributed by atoms with Crippen molar-refractivity contribution in [2.24, 2.45) is 0 Å². The van der Waals surface area contributed by atoms with E-state index in [1.165, 1.54) is 24.3 Å². The number of benzene rings is 2. The Bertz CT molecular complexity index is 1240. The normalized spacial score (nSPS) is 11.3. The molecule has 0 radical (unpaired) electrons. The van der Waals surface area contributed by atoms with Gasteiger partial charge in [0.25, 0.3) is 15.9 Å². The van der Waals surface area contributed by atoms with Crippen LogP contribution in [0, 0.1) is 13.8 Å². The van der Waals surface area contributed by atoms with Crippen molar-refractivity contribution in [3.63, 3.8) is 0 Å². The molecule has 0 bridgehead atoms. The molecule has 0 fully saturated rings. The van der Waals surface area contributed by atoms with E-state index in [9.17, 15) is 13.2 Å². The van der Waals surface area contributed by atoms with Crippen LogP contribution in [0.15, 0.2) is 57.9 Å². The SMILES string of the molecule is Cc1cc(C)nc(NS(=O)(=O)c2ccc(NC(=O)COc3ccc(Br)cc3C(C)C)cc2)n1. The zero-order valence-electron chi connectivity index (χ0n) is 18.7. The first kappa shape index (κ1) is 24.7. The Hall–Kier alpha value is -2.98. The summed E-state index contributed by atoms with van der Waals surface area (Å²) in [6, 6.07) is 13.2. The Morgan fingerprint density at radius 1 is 1.03 bits per heavy atom. The summed E-state index contributed by atoms with van der Waals surface area (Å²) in [6.07, 6.45) is 0. The molecular formula is C23H25BrN4O4S. The Balaban J connectivity index is 1.63. The molecule has 174 valence electrons. The number of carbonyl (C=O) groups is 1. The highest BCUT2D eigenvalue weighted by atomic mass is 79.9. The first-order valence-corrected chi connectivity index (χ1v) is 12.5. The van der Waals surface area contributed by atoms with Crippen molar-refractivity contribution in [2.45, 2.75) is 38.5 Å². The van der Waals surface area contributed by atoms with Crippen molar-refractivity contribution in [1.29, 1.82) is 0 Å². The van der Waals surface area contributed by atoms with Crippen LogP contribution < -0.4 is 14.8 Å². The summed E-state index contributed by atoms with van der Waals surface area (Å²) < 4.78 is 34.3. The first-order valence-electron chi connectivity index (χ1n) is 10.2. The summed E-state index contributed by atoms with van der Waals surface area (Å²) in [7, 11) is -3.87. The number of nitrogens with one attached hydrogen (secondary N) is 2. The zero-order chi connectivity index (χ0) is 24.2. The van der Waals surface area contributed by atoms with E-state index >= 15 is 0 Å². The molecule has 0 aliphatic heterocycles. The fourth-order valence-corrected chi connectivity index (χ4v) is 4.43. The lowest BCUT2D eigenvalue weighted by Gasteiger charge is -2.14. The second-order valence-corrected chi connectivity index (χ2v) is 10.4. The maximum atomic E-state index is 12.6. The average molecular weight is 533 g/mol. The van der Waals surface area contributed by atoms with E-state index in [4.69, 9.17) is 4.74 Å². The molecule has 1 heterocycles. The van der Waals surface area contributed by atoms with E-state index < -0.39 is 10.0 Å². The number of rotatable bonds is 8. The summed E-state index contributed by atoms with van der Waals surface area (Å²) in [5.41, 5.74) is 2.75. The Morgan fingerprint density at radius 2 is 1.67 bits per heavy atom. The highest BCUT2D eigenvalue weighted by Gasteiger charge is 2.17. The molecule has 10 heteroatoms. The number of nitrogens with zero attached hydrogens (tertiary/aromatic N) is 2. The highest BCUT2D eigenvalue weighted by molar-refractivity contribution is 9.10. The van der Waals surface area contributed by atoms with Crippen LogP contribution in [-0.4, -0.2) is 30.9 Å². The van der Waals surface area contributed by atoms with Gasteiger partial charge in [-0.05, 0) is 73.9 Å². The van der Waals surface area contributed by atoms with Crippen molar-refractivity contribution in [3.8, 4) is 5.75 Å². The largest absolute Gasteiger partial charge is 0.483 e. The number of sulfonamides is 1. The van der Waals surface area contributed by atoms with Gasteiger partial charge in [-0.3, -0.25) is 4.79 Å². The molecule has 1 amide bonds. The van der Waals surface area contributed by atoms with Gasteiger partial charge in [-0.1, -0.05) is 29.8 Å². The summed E-state index contributed by atoms with van der Waals surface area (Å²) in [5, 5.41) is 2.70. The van der Waals surface area contributed by atoms with Crippen LogP contribution in [0.3, 0.4) is 0 Å². The van der Waals surface area contributed by atoms with E-state index in [1.54, 1.807) is 19.9 Å². The van der Waals surface area contributed by atoms with Crippen molar-refractivity contribution in [1.82, 2.24) is 9.97 Å². The molecule has 8 nitrogen and oxygen atoms in total. The second-order valence-electron chi connectivity index (χ2n) is 7.78. The zero-order valence-corrected chi connectivity index (χ0v) is 21.1. The number of carbonyl (C=O) groups excluding carboxylic acids is 1. The lowest BCUT2D eigenvalue weighted by Crippen LogP contribution is -2.21. The van der Waals surface area contributed by atoms with Crippen LogP contribution in [0.25, 0.3) is 0 Å². The topological polar surface area (TPSA) is 110 Å². The molecule has 0 saturated carbocycles. The number of hydrogen-bond acceptors (Lipinski definition) is 6. The van der Waals surface area contributed by atoms with Gasteiger partial charge in [0.05, 0.1) is 4.90 Å². The van der Waals surface area contributed by atoms with Gasteiger partial charge in [0, 0.05) is 21.5 Å². The maximum absolute atomic E-state index is 12.6. The average Bonchev–Trinajstić information content (AvgIpc) is 2.72. The lowest BCUT2D eigenvalue weighted by atomic mass is 10.0. The van der Waals surface area contributed by atoms with Crippen LogP contribution in [0.2, 0.25) is 0 Å². The van der Waals surface area contributed by atoms with E-state index in [0.717, 1.165) is 10.0 Å². The minimum absolute atomic E-state index is 0.00994. The molecule has 3 rings (SSSR count). The molecule has 0 atom stereocenters. The molecule has 3 aromatic rings. The number of aromatic nitrogens is 2. The molecular weight excluding hydrogens is 508 g/mol. The third-order valence-corrected chi connectivity index (χ3v) is 6.45. The monoisotopic (exact) mass is 532 g/mol. The number of anilines is 2. The van der Waals surface area contributed by atoms with Gasteiger partial charge >= 0.3 is 0 Å². The fourth-order valence-electron chi connectivity index (χ4n) is 3.11. The number of halogens is 1. The number of ether oxygens (including phenoxy) is 1. The summed E-state index contributed by atoms with van der Waals surface area (Å²) in [6.45, 7) is 7.44. The van der Waals surface area contributed by atoms with Crippen LogP contribution >= 0.6 is 15.9 Å². The predicted octanol–water partition coefficient (Wildman–Crippen LogP) is 4.80. The lowest BCUT2D eigenvalue weighted by molar-refractivity contribution is -0.118. The molecule has 0 unspecified atom stereocenters. The third kappa shape index (κ3) is 6.75. The summed E-state index contributed by atoms with van der Waals surface area (Å²) in [5.74, 6) is 0.531. The van der Waals surface area contributed by atoms with E-state index in [1.807, 2.05) is 32.0 Å². The molecule has 0 aliphatic rings. The van der Waals surface area contributed by atoms with Crippen molar-refractivity contribution in [2.75, 3.05) is 16.6 Å². The van der Waals surface area contributed by atoms with E-state index in [2.05, 4.69) is 35.9 Å². The summed E-state index contributed by atoms with van der Waals surface area (Å²) in [4.78, 5) is 20.5. The van der Waals surface area contributed by atoms with E-state index in [0.29, 0.717) is 22.8 Å². The third-order valence-electron chi connectivity index (χ3n) is 4.61. The van der Waals surface area contributed by atoms with Gasteiger partial charge in [-0.25, -0.2) is 23.1 Å². The van der Waals surface area contributed by atoms with Crippen LogP contribution in [-0.2, 0) is 14.8 Å². The van der Waals surface area contributed by atoms with Gasteiger partial charge in [0.1, 0.15) is 5.75 Å². The van der Waals surface area contributed by atoms with E-state index in [-0.39, 0.29) is 29.3 Å². The van der Waals surface area contributed by atoms with Crippen molar-refractivity contribution < 1.29 is 17.9 Å². The Morgan fingerprint density at radius 3 is 2.27 bits per heavy atom. The van der Waals surface area contributed by atoms with Crippen molar-refractivity contribution >= 4 is 43.5 Å². The minimum atomic E-state index is -3.87. The number of amides is 1. The number of hydrogen-bond donors (Lipinski definition) is 2.